The number of hydrogen-bond acceptors (Lipinski definition) is 6. The largest absolute Gasteiger partial charge is 0.301 e. The summed E-state index contributed by atoms with van der Waals surface area (Å²) in [6.45, 7) is 0.352. The van der Waals surface area contributed by atoms with E-state index in [0.717, 1.165) is 5.56 Å². The van der Waals surface area contributed by atoms with E-state index >= 15 is 0 Å². The topological polar surface area (TPSA) is 76.9 Å². The van der Waals surface area contributed by atoms with E-state index in [0.29, 0.717) is 38.0 Å². The summed E-state index contributed by atoms with van der Waals surface area (Å²) < 4.78 is 15.7. The van der Waals surface area contributed by atoms with Gasteiger partial charge in [-0.15, -0.1) is 0 Å². The van der Waals surface area contributed by atoms with Crippen molar-refractivity contribution in [3.63, 3.8) is 0 Å². The van der Waals surface area contributed by atoms with Crippen molar-refractivity contribution in [1.82, 2.24) is 14.5 Å². The molecule has 0 aliphatic heterocycles. The van der Waals surface area contributed by atoms with E-state index in [9.17, 15) is 14.0 Å². The fourth-order valence-corrected chi connectivity index (χ4v) is 5.11. The summed E-state index contributed by atoms with van der Waals surface area (Å²) in [5, 5.41) is 4.14. The molecule has 6 nitrogen and oxygen atoms in total. The van der Waals surface area contributed by atoms with Crippen molar-refractivity contribution in [3.8, 4) is 0 Å². The minimum Gasteiger partial charge on any atom is -0.301 e. The second-order valence-electron chi connectivity index (χ2n) is 7.26. The molecule has 2 aromatic heterocycles. The molecule has 0 fully saturated rings. The zero-order valence-corrected chi connectivity index (χ0v) is 18.8. The van der Waals surface area contributed by atoms with Crippen molar-refractivity contribution in [2.75, 3.05) is 11.1 Å². The number of aromatic nitrogens is 3. The van der Waals surface area contributed by atoms with Crippen LogP contribution in [-0.4, -0.2) is 26.2 Å². The van der Waals surface area contributed by atoms with Crippen LogP contribution >= 0.6 is 23.1 Å². The average Bonchev–Trinajstić information content (AvgIpc) is 3.21. The van der Waals surface area contributed by atoms with Crippen LogP contribution in [0.2, 0.25) is 0 Å². The normalized spacial score (nSPS) is 11.2. The Balaban J connectivity index is 1.39. The fourth-order valence-electron chi connectivity index (χ4n) is 3.40. The Bertz CT molecular complexity index is 1530. The third-order valence-electron chi connectivity index (χ3n) is 4.94. The number of amides is 1. The molecule has 1 amide bonds. The standard InChI is InChI=1S/C24H17FN4O2S2/c25-16-10-11-19-20(12-16)33-23(26-19)28-21(30)14-32-24-27-18-9-5-4-8-17(18)22(31)29(24)13-15-6-2-1-3-7-15/h1-12H,13-14H2,(H,26,28,30). The lowest BCUT2D eigenvalue weighted by molar-refractivity contribution is -0.113. The van der Waals surface area contributed by atoms with Gasteiger partial charge in [0.2, 0.25) is 5.91 Å². The number of thioether (sulfide) groups is 1. The minimum absolute atomic E-state index is 0.0455. The molecule has 0 bridgehead atoms. The Morgan fingerprint density at radius 2 is 1.79 bits per heavy atom. The van der Waals surface area contributed by atoms with Crippen LogP contribution in [0.5, 0.6) is 0 Å². The zero-order valence-electron chi connectivity index (χ0n) is 17.2. The lowest BCUT2D eigenvalue weighted by Crippen LogP contribution is -2.24. The Morgan fingerprint density at radius 3 is 2.64 bits per heavy atom. The van der Waals surface area contributed by atoms with Gasteiger partial charge in [-0.25, -0.2) is 14.4 Å². The number of fused-ring (bicyclic) bond motifs is 2. The number of nitrogens with zero attached hydrogens (tertiary/aromatic N) is 3. The molecule has 0 atom stereocenters. The van der Waals surface area contributed by atoms with Gasteiger partial charge in [-0.05, 0) is 35.9 Å². The predicted molar refractivity (Wildman–Crippen MR) is 130 cm³/mol. The van der Waals surface area contributed by atoms with Crippen LogP contribution in [0.1, 0.15) is 5.56 Å². The Hall–Kier alpha value is -3.56. The van der Waals surface area contributed by atoms with Gasteiger partial charge in [0.1, 0.15) is 5.82 Å². The second-order valence-corrected chi connectivity index (χ2v) is 9.23. The molecule has 33 heavy (non-hydrogen) atoms. The molecule has 0 unspecified atom stereocenters. The second kappa shape index (κ2) is 9.13. The molecule has 9 heteroatoms. The first-order valence-electron chi connectivity index (χ1n) is 10.1. The lowest BCUT2D eigenvalue weighted by Gasteiger charge is -2.13. The molecule has 0 aliphatic rings. The summed E-state index contributed by atoms with van der Waals surface area (Å²) in [6.07, 6.45) is 0. The molecular weight excluding hydrogens is 459 g/mol. The molecule has 5 rings (SSSR count). The quantitative estimate of drug-likeness (QED) is 0.278. The van der Waals surface area contributed by atoms with Gasteiger partial charge in [0, 0.05) is 0 Å². The molecule has 2 heterocycles. The average molecular weight is 477 g/mol. The van der Waals surface area contributed by atoms with Crippen molar-refractivity contribution in [3.05, 3.63) is 94.5 Å². The van der Waals surface area contributed by atoms with Crippen molar-refractivity contribution >= 4 is 55.3 Å². The van der Waals surface area contributed by atoms with Gasteiger partial charge in [0.05, 0.1) is 33.4 Å². The lowest BCUT2D eigenvalue weighted by atomic mass is 10.2. The summed E-state index contributed by atoms with van der Waals surface area (Å²) >= 11 is 2.40. The highest BCUT2D eigenvalue weighted by Crippen LogP contribution is 2.27. The number of benzene rings is 3. The van der Waals surface area contributed by atoms with Crippen molar-refractivity contribution < 1.29 is 9.18 Å². The molecule has 0 saturated heterocycles. The molecule has 1 N–H and O–H groups in total. The molecule has 164 valence electrons. The first-order valence-corrected chi connectivity index (χ1v) is 11.9. The summed E-state index contributed by atoms with van der Waals surface area (Å²) in [7, 11) is 0. The van der Waals surface area contributed by atoms with Crippen molar-refractivity contribution in [1.29, 1.82) is 0 Å². The van der Waals surface area contributed by atoms with E-state index in [-0.39, 0.29) is 23.0 Å². The summed E-state index contributed by atoms with van der Waals surface area (Å²) in [4.78, 5) is 34.7. The number of nitrogens with one attached hydrogen (secondary N) is 1. The van der Waals surface area contributed by atoms with Gasteiger partial charge in [0.25, 0.3) is 5.56 Å². The molecule has 0 spiro atoms. The van der Waals surface area contributed by atoms with E-state index in [2.05, 4.69) is 15.3 Å². The minimum atomic E-state index is -0.349. The van der Waals surface area contributed by atoms with E-state index in [4.69, 9.17) is 0 Å². The van der Waals surface area contributed by atoms with Crippen LogP contribution in [0.15, 0.2) is 82.7 Å². The molecule has 5 aromatic rings. The third kappa shape index (κ3) is 4.64. The van der Waals surface area contributed by atoms with Crippen molar-refractivity contribution in [2.45, 2.75) is 11.7 Å². The van der Waals surface area contributed by atoms with Gasteiger partial charge >= 0.3 is 0 Å². The maximum absolute atomic E-state index is 13.4. The highest BCUT2D eigenvalue weighted by molar-refractivity contribution is 7.99. The van der Waals surface area contributed by atoms with Crippen LogP contribution < -0.4 is 10.9 Å². The van der Waals surface area contributed by atoms with E-state index < -0.39 is 0 Å². The predicted octanol–water partition coefficient (Wildman–Crippen LogP) is 4.92. The highest BCUT2D eigenvalue weighted by atomic mass is 32.2. The monoisotopic (exact) mass is 476 g/mol. The Labute approximate surface area is 196 Å². The van der Waals surface area contributed by atoms with E-state index in [1.165, 1.54) is 35.2 Å². The number of halogens is 1. The molecule has 0 radical (unpaired) electrons. The van der Waals surface area contributed by atoms with Gasteiger partial charge in [-0.2, -0.15) is 0 Å². The highest BCUT2D eigenvalue weighted by Gasteiger charge is 2.15. The molecule has 3 aromatic carbocycles. The fraction of sp³-hybridized carbons (Fsp3) is 0.0833. The number of carbonyl (C=O) groups is 1. The van der Waals surface area contributed by atoms with Crippen molar-refractivity contribution in [2.24, 2.45) is 0 Å². The number of para-hydroxylation sites is 1. The van der Waals surface area contributed by atoms with E-state index in [1.807, 2.05) is 42.5 Å². The van der Waals surface area contributed by atoms with Gasteiger partial charge in [-0.1, -0.05) is 65.6 Å². The van der Waals surface area contributed by atoms with Crippen LogP contribution in [0.25, 0.3) is 21.1 Å². The van der Waals surface area contributed by atoms with Crippen LogP contribution in [0, 0.1) is 5.82 Å². The summed E-state index contributed by atoms with van der Waals surface area (Å²) in [5.74, 6) is -0.587. The molecule has 0 saturated carbocycles. The number of hydrogen-bond donors (Lipinski definition) is 1. The van der Waals surface area contributed by atoms with E-state index in [1.54, 1.807) is 22.8 Å². The van der Waals surface area contributed by atoms with Crippen LogP contribution in [0.4, 0.5) is 9.52 Å². The Morgan fingerprint density at radius 1 is 1.00 bits per heavy atom. The third-order valence-corrected chi connectivity index (χ3v) is 6.85. The number of thiazole rings is 1. The maximum atomic E-state index is 13.4. The van der Waals surface area contributed by atoms with Crippen LogP contribution in [0.3, 0.4) is 0 Å². The first kappa shape index (κ1) is 21.3. The van der Waals surface area contributed by atoms with Crippen LogP contribution in [-0.2, 0) is 11.3 Å². The SMILES string of the molecule is O=C(CSc1nc2ccccc2c(=O)n1Cc1ccccc1)Nc1nc2ccc(F)cc2s1. The first-order chi connectivity index (χ1) is 16.1. The van der Waals surface area contributed by atoms with Gasteiger partial charge in [-0.3, -0.25) is 14.2 Å². The maximum Gasteiger partial charge on any atom is 0.262 e. The zero-order chi connectivity index (χ0) is 22.8. The summed E-state index contributed by atoms with van der Waals surface area (Å²) in [6, 6.07) is 21.1. The van der Waals surface area contributed by atoms with Gasteiger partial charge < -0.3 is 5.32 Å². The number of anilines is 1. The Kier molecular flexibility index (Phi) is 5.89. The number of rotatable bonds is 6. The molecular formula is C24H17FN4O2S2. The van der Waals surface area contributed by atoms with Gasteiger partial charge in [0.15, 0.2) is 10.3 Å². The number of carbonyl (C=O) groups excluding carboxylic acids is 1. The smallest absolute Gasteiger partial charge is 0.262 e. The molecule has 0 aliphatic carbocycles. The summed E-state index contributed by atoms with van der Waals surface area (Å²) in [5.41, 5.74) is 2.02.